The maximum absolute atomic E-state index is 11.5. The van der Waals surface area contributed by atoms with Gasteiger partial charge in [0.2, 0.25) is 0 Å². The van der Waals surface area contributed by atoms with Crippen LogP contribution in [0, 0.1) is 5.92 Å². The molecule has 0 aromatic carbocycles. The van der Waals surface area contributed by atoms with Crippen LogP contribution in [0.1, 0.15) is 71.6 Å². The van der Waals surface area contributed by atoms with E-state index in [9.17, 15) is 9.90 Å². The van der Waals surface area contributed by atoms with Crippen molar-refractivity contribution in [2.45, 2.75) is 83.8 Å². The zero-order valence-electron chi connectivity index (χ0n) is 13.0. The normalized spacial score (nSPS) is 26.4. The first kappa shape index (κ1) is 17.2. The highest BCUT2D eigenvalue weighted by atomic mass is 16.6. The molecule has 116 valence electrons. The molecule has 1 heterocycles. The van der Waals surface area contributed by atoms with Crippen molar-refractivity contribution in [2.75, 3.05) is 0 Å². The summed E-state index contributed by atoms with van der Waals surface area (Å²) in [7, 11) is 0. The number of rotatable bonds is 10. The highest BCUT2D eigenvalue weighted by molar-refractivity contribution is 5.75. The standard InChI is InChI=1S/C17H30O3/c1-3-4-5-6-7-8-9-10-11-12-13-15-16(18)14(2)20-17(15)19/h6-7,14-16,18H,3-5,8-13H2,1-2H3/b7-6-/t14-,15-,16+/m0/s1. The zero-order valence-corrected chi connectivity index (χ0v) is 13.0. The maximum atomic E-state index is 11.5. The predicted molar refractivity (Wildman–Crippen MR) is 81.4 cm³/mol. The van der Waals surface area contributed by atoms with Crippen LogP contribution in [-0.2, 0) is 9.53 Å². The fourth-order valence-corrected chi connectivity index (χ4v) is 2.63. The zero-order chi connectivity index (χ0) is 14.8. The summed E-state index contributed by atoms with van der Waals surface area (Å²) in [5, 5.41) is 9.82. The van der Waals surface area contributed by atoms with E-state index in [1.165, 1.54) is 32.1 Å². The lowest BCUT2D eigenvalue weighted by atomic mass is 9.95. The second kappa shape index (κ2) is 9.98. The SMILES string of the molecule is CCCC/C=C\CCCCCC[C@@H]1C(=O)O[C@@H](C)[C@H]1O. The van der Waals surface area contributed by atoms with Crippen molar-refractivity contribution in [1.82, 2.24) is 0 Å². The summed E-state index contributed by atoms with van der Waals surface area (Å²) in [6.45, 7) is 3.97. The lowest BCUT2D eigenvalue weighted by molar-refractivity contribution is -0.143. The molecular formula is C17H30O3. The first-order chi connectivity index (χ1) is 9.66. The van der Waals surface area contributed by atoms with E-state index in [-0.39, 0.29) is 18.0 Å². The van der Waals surface area contributed by atoms with Gasteiger partial charge in [-0.25, -0.2) is 0 Å². The van der Waals surface area contributed by atoms with Crippen LogP contribution in [0.2, 0.25) is 0 Å². The molecule has 0 bridgehead atoms. The molecule has 3 heteroatoms. The minimum Gasteiger partial charge on any atom is -0.460 e. The Morgan fingerprint density at radius 2 is 1.75 bits per heavy atom. The Bertz CT molecular complexity index is 299. The third kappa shape index (κ3) is 6.08. The molecule has 1 rings (SSSR count). The van der Waals surface area contributed by atoms with Gasteiger partial charge in [0, 0.05) is 0 Å². The number of hydrogen-bond acceptors (Lipinski definition) is 3. The van der Waals surface area contributed by atoms with E-state index in [1.807, 2.05) is 0 Å². The second-order valence-corrected chi connectivity index (χ2v) is 5.84. The molecule has 0 aromatic heterocycles. The molecule has 1 aliphatic rings. The van der Waals surface area contributed by atoms with Crippen LogP contribution in [0.25, 0.3) is 0 Å². The molecule has 1 saturated heterocycles. The van der Waals surface area contributed by atoms with E-state index < -0.39 is 6.10 Å². The van der Waals surface area contributed by atoms with E-state index in [0.29, 0.717) is 0 Å². The van der Waals surface area contributed by atoms with Crippen LogP contribution in [0.3, 0.4) is 0 Å². The van der Waals surface area contributed by atoms with Gasteiger partial charge in [-0.05, 0) is 32.6 Å². The van der Waals surface area contributed by atoms with Gasteiger partial charge in [-0.3, -0.25) is 4.79 Å². The van der Waals surface area contributed by atoms with Crippen LogP contribution in [0.4, 0.5) is 0 Å². The fourth-order valence-electron chi connectivity index (χ4n) is 2.63. The van der Waals surface area contributed by atoms with E-state index in [4.69, 9.17) is 4.74 Å². The Labute approximate surface area is 123 Å². The molecule has 0 spiro atoms. The molecule has 0 radical (unpaired) electrons. The van der Waals surface area contributed by atoms with E-state index >= 15 is 0 Å². The number of esters is 1. The lowest BCUT2D eigenvalue weighted by Gasteiger charge is -2.11. The Kier molecular flexibility index (Phi) is 8.59. The molecular weight excluding hydrogens is 252 g/mol. The van der Waals surface area contributed by atoms with Crippen LogP contribution in [0.15, 0.2) is 12.2 Å². The van der Waals surface area contributed by atoms with Gasteiger partial charge >= 0.3 is 5.97 Å². The van der Waals surface area contributed by atoms with Crippen LogP contribution in [-0.4, -0.2) is 23.3 Å². The summed E-state index contributed by atoms with van der Waals surface area (Å²) >= 11 is 0. The van der Waals surface area contributed by atoms with Gasteiger partial charge in [-0.1, -0.05) is 51.2 Å². The molecule has 1 fully saturated rings. The molecule has 3 atom stereocenters. The Morgan fingerprint density at radius 3 is 2.35 bits per heavy atom. The molecule has 1 aliphatic heterocycles. The van der Waals surface area contributed by atoms with Crippen LogP contribution in [0.5, 0.6) is 0 Å². The average Bonchev–Trinajstić information content (AvgIpc) is 2.67. The van der Waals surface area contributed by atoms with Crippen molar-refractivity contribution in [3.8, 4) is 0 Å². The summed E-state index contributed by atoms with van der Waals surface area (Å²) < 4.78 is 5.03. The first-order valence-electron chi connectivity index (χ1n) is 8.20. The molecule has 0 aliphatic carbocycles. The average molecular weight is 282 g/mol. The van der Waals surface area contributed by atoms with Crippen molar-refractivity contribution in [1.29, 1.82) is 0 Å². The summed E-state index contributed by atoms with van der Waals surface area (Å²) in [6.07, 6.45) is 13.9. The third-order valence-corrected chi connectivity index (χ3v) is 4.02. The Balaban J connectivity index is 1.97. The largest absolute Gasteiger partial charge is 0.460 e. The molecule has 0 saturated carbocycles. The molecule has 3 nitrogen and oxygen atoms in total. The van der Waals surface area contributed by atoms with Gasteiger partial charge < -0.3 is 9.84 Å². The van der Waals surface area contributed by atoms with Gasteiger partial charge in [0.05, 0.1) is 5.92 Å². The van der Waals surface area contributed by atoms with Crippen LogP contribution >= 0.6 is 0 Å². The van der Waals surface area contributed by atoms with Crippen molar-refractivity contribution < 1.29 is 14.6 Å². The fraction of sp³-hybridized carbons (Fsp3) is 0.824. The summed E-state index contributed by atoms with van der Waals surface area (Å²) in [6, 6.07) is 0. The number of unbranched alkanes of at least 4 members (excludes halogenated alkanes) is 6. The summed E-state index contributed by atoms with van der Waals surface area (Å²) in [5.41, 5.74) is 0. The number of carbonyl (C=O) groups is 1. The summed E-state index contributed by atoms with van der Waals surface area (Å²) in [5.74, 6) is -0.511. The van der Waals surface area contributed by atoms with E-state index in [0.717, 1.165) is 25.7 Å². The quantitative estimate of drug-likeness (QED) is 0.374. The smallest absolute Gasteiger partial charge is 0.312 e. The van der Waals surface area contributed by atoms with Crippen molar-refractivity contribution >= 4 is 5.97 Å². The molecule has 1 N–H and O–H groups in total. The number of carbonyl (C=O) groups excluding carboxylic acids is 1. The number of ether oxygens (including phenoxy) is 1. The van der Waals surface area contributed by atoms with Gasteiger partial charge in [0.1, 0.15) is 12.2 Å². The molecule has 0 amide bonds. The van der Waals surface area contributed by atoms with Gasteiger partial charge in [0.15, 0.2) is 0 Å². The predicted octanol–water partition coefficient (Wildman–Crippen LogP) is 4.00. The molecule has 0 aromatic rings. The van der Waals surface area contributed by atoms with Gasteiger partial charge in [0.25, 0.3) is 0 Å². The van der Waals surface area contributed by atoms with E-state index in [2.05, 4.69) is 19.1 Å². The first-order valence-corrected chi connectivity index (χ1v) is 8.20. The number of aliphatic hydroxyl groups is 1. The topological polar surface area (TPSA) is 46.5 Å². The number of cyclic esters (lactones) is 1. The van der Waals surface area contributed by atoms with Crippen molar-refractivity contribution in [3.05, 3.63) is 12.2 Å². The van der Waals surface area contributed by atoms with Gasteiger partial charge in [-0.15, -0.1) is 0 Å². The van der Waals surface area contributed by atoms with Gasteiger partial charge in [-0.2, -0.15) is 0 Å². The Hall–Kier alpha value is -0.830. The van der Waals surface area contributed by atoms with Crippen LogP contribution < -0.4 is 0 Å². The maximum Gasteiger partial charge on any atom is 0.312 e. The van der Waals surface area contributed by atoms with E-state index in [1.54, 1.807) is 6.92 Å². The molecule has 20 heavy (non-hydrogen) atoms. The van der Waals surface area contributed by atoms with Crippen molar-refractivity contribution in [3.63, 3.8) is 0 Å². The number of hydrogen-bond donors (Lipinski definition) is 1. The minimum atomic E-state index is -0.607. The highest BCUT2D eigenvalue weighted by Gasteiger charge is 2.40. The number of aliphatic hydroxyl groups excluding tert-OH is 1. The number of allylic oxidation sites excluding steroid dienone is 2. The molecule has 0 unspecified atom stereocenters. The Morgan fingerprint density at radius 1 is 1.10 bits per heavy atom. The lowest BCUT2D eigenvalue weighted by Crippen LogP contribution is -2.24. The second-order valence-electron chi connectivity index (χ2n) is 5.84. The summed E-state index contributed by atoms with van der Waals surface area (Å²) in [4.78, 5) is 11.5. The highest BCUT2D eigenvalue weighted by Crippen LogP contribution is 2.26. The monoisotopic (exact) mass is 282 g/mol. The minimum absolute atomic E-state index is 0.219. The van der Waals surface area contributed by atoms with Crippen molar-refractivity contribution in [2.24, 2.45) is 5.92 Å². The third-order valence-electron chi connectivity index (χ3n) is 4.02.